The third-order valence-corrected chi connectivity index (χ3v) is 2.20. The van der Waals surface area contributed by atoms with Gasteiger partial charge in [0.25, 0.3) is 0 Å². The Labute approximate surface area is 74.1 Å². The molecule has 74 valence electrons. The summed E-state index contributed by atoms with van der Waals surface area (Å²) in [7, 11) is -3.36. The Bertz CT molecular complexity index is 201. The molecule has 4 nitrogen and oxygen atoms in total. The van der Waals surface area contributed by atoms with E-state index in [1.165, 1.54) is 0 Å². The van der Waals surface area contributed by atoms with Crippen LogP contribution >= 0.6 is 0 Å². The van der Waals surface area contributed by atoms with Crippen LogP contribution in [0.2, 0.25) is 0 Å². The third-order valence-electron chi connectivity index (χ3n) is 1.47. The number of hydrogen-bond donors (Lipinski definition) is 1. The average molecular weight is 195 g/mol. The van der Waals surface area contributed by atoms with Crippen LogP contribution in [-0.2, 0) is 14.8 Å². The van der Waals surface area contributed by atoms with E-state index in [4.69, 9.17) is 9.88 Å². The van der Waals surface area contributed by atoms with Crippen molar-refractivity contribution < 1.29 is 13.2 Å². The molecule has 0 rings (SSSR count). The molecule has 0 saturated carbocycles. The van der Waals surface area contributed by atoms with Crippen molar-refractivity contribution in [2.24, 2.45) is 5.14 Å². The first-order valence-corrected chi connectivity index (χ1v) is 5.79. The van der Waals surface area contributed by atoms with Crippen molar-refractivity contribution in [2.45, 2.75) is 32.8 Å². The molecule has 0 heterocycles. The van der Waals surface area contributed by atoms with Crippen LogP contribution in [0.25, 0.3) is 0 Å². The second-order valence-electron chi connectivity index (χ2n) is 2.84. The third kappa shape index (κ3) is 7.97. The van der Waals surface area contributed by atoms with Crippen molar-refractivity contribution in [3.8, 4) is 0 Å². The van der Waals surface area contributed by atoms with Crippen LogP contribution in [-0.4, -0.2) is 26.9 Å². The van der Waals surface area contributed by atoms with Crippen molar-refractivity contribution >= 4 is 10.0 Å². The lowest BCUT2D eigenvalue weighted by Gasteiger charge is -2.10. The molecule has 0 aliphatic carbocycles. The largest absolute Gasteiger partial charge is 0.377 e. The first-order valence-electron chi connectivity index (χ1n) is 4.07. The summed E-state index contributed by atoms with van der Waals surface area (Å²) >= 11 is 0. The molecule has 5 heteroatoms. The van der Waals surface area contributed by atoms with Crippen LogP contribution in [0.4, 0.5) is 0 Å². The van der Waals surface area contributed by atoms with Crippen molar-refractivity contribution in [1.29, 1.82) is 0 Å². The van der Waals surface area contributed by atoms with Gasteiger partial charge >= 0.3 is 0 Å². The van der Waals surface area contributed by atoms with E-state index in [2.05, 4.69) is 6.92 Å². The summed E-state index contributed by atoms with van der Waals surface area (Å²) in [6, 6.07) is 0. The van der Waals surface area contributed by atoms with Crippen LogP contribution in [0, 0.1) is 0 Å². The lowest BCUT2D eigenvalue weighted by atomic mass is 10.2. The first kappa shape index (κ1) is 11.9. The Kier molecular flexibility index (Phi) is 5.44. The molecule has 0 radical (unpaired) electrons. The molecule has 1 unspecified atom stereocenters. The van der Waals surface area contributed by atoms with E-state index >= 15 is 0 Å². The highest BCUT2D eigenvalue weighted by Gasteiger charge is 2.04. The Morgan fingerprint density at radius 3 is 2.50 bits per heavy atom. The maximum Gasteiger partial charge on any atom is 0.211 e. The number of primary sulfonamides is 1. The SMILES string of the molecule is CCCC(C)OCCS(N)(=O)=O. The van der Waals surface area contributed by atoms with Gasteiger partial charge in [-0.2, -0.15) is 0 Å². The van der Waals surface area contributed by atoms with Gasteiger partial charge in [-0.05, 0) is 13.3 Å². The summed E-state index contributed by atoms with van der Waals surface area (Å²) in [5.41, 5.74) is 0. The zero-order valence-corrected chi connectivity index (χ0v) is 8.43. The topological polar surface area (TPSA) is 69.4 Å². The Hall–Kier alpha value is -0.130. The lowest BCUT2D eigenvalue weighted by molar-refractivity contribution is 0.0711. The van der Waals surface area contributed by atoms with Gasteiger partial charge in [0, 0.05) is 0 Å². The predicted molar refractivity (Wildman–Crippen MR) is 48.3 cm³/mol. The normalized spacial score (nSPS) is 14.6. The van der Waals surface area contributed by atoms with Gasteiger partial charge in [-0.3, -0.25) is 0 Å². The number of sulfonamides is 1. The minimum atomic E-state index is -3.36. The minimum absolute atomic E-state index is 0.0962. The summed E-state index contributed by atoms with van der Waals surface area (Å²) in [6.45, 7) is 4.17. The van der Waals surface area contributed by atoms with Gasteiger partial charge in [-0.25, -0.2) is 13.6 Å². The summed E-state index contributed by atoms with van der Waals surface area (Å²) in [5.74, 6) is -0.0962. The Morgan fingerprint density at radius 2 is 2.08 bits per heavy atom. The fraction of sp³-hybridized carbons (Fsp3) is 1.00. The molecule has 12 heavy (non-hydrogen) atoms. The Morgan fingerprint density at radius 1 is 1.50 bits per heavy atom. The summed E-state index contributed by atoms with van der Waals surface area (Å²) in [4.78, 5) is 0. The highest BCUT2D eigenvalue weighted by molar-refractivity contribution is 7.89. The van der Waals surface area contributed by atoms with E-state index < -0.39 is 10.0 Å². The number of rotatable bonds is 6. The number of ether oxygens (including phenoxy) is 1. The lowest BCUT2D eigenvalue weighted by Crippen LogP contribution is -2.22. The summed E-state index contributed by atoms with van der Waals surface area (Å²) in [6.07, 6.45) is 2.11. The molecule has 0 aromatic heterocycles. The molecule has 0 spiro atoms. The smallest absolute Gasteiger partial charge is 0.211 e. The van der Waals surface area contributed by atoms with Gasteiger partial charge in [0.05, 0.1) is 18.5 Å². The van der Waals surface area contributed by atoms with Crippen LogP contribution in [0.1, 0.15) is 26.7 Å². The first-order chi connectivity index (χ1) is 5.45. The minimum Gasteiger partial charge on any atom is -0.377 e. The highest BCUT2D eigenvalue weighted by Crippen LogP contribution is 2.00. The van der Waals surface area contributed by atoms with Gasteiger partial charge in [-0.1, -0.05) is 13.3 Å². The van der Waals surface area contributed by atoms with Gasteiger partial charge in [0.1, 0.15) is 0 Å². The second-order valence-corrected chi connectivity index (χ2v) is 4.57. The molecule has 0 fully saturated rings. The second kappa shape index (κ2) is 5.50. The fourth-order valence-electron chi connectivity index (χ4n) is 0.855. The molecule has 2 N–H and O–H groups in total. The summed E-state index contributed by atoms with van der Waals surface area (Å²) < 4.78 is 26.1. The van der Waals surface area contributed by atoms with Crippen molar-refractivity contribution in [3.05, 3.63) is 0 Å². The standard InChI is InChI=1S/C7H17NO3S/c1-3-4-7(2)11-5-6-12(8,9)10/h7H,3-6H2,1-2H3,(H2,8,9,10). The molecule has 0 aromatic carbocycles. The van der Waals surface area contributed by atoms with Gasteiger partial charge in [0.2, 0.25) is 10.0 Å². The molecule has 1 atom stereocenters. The zero-order valence-electron chi connectivity index (χ0n) is 7.62. The molecule has 0 aliphatic heterocycles. The molecular formula is C7H17NO3S. The van der Waals surface area contributed by atoms with E-state index in [0.717, 1.165) is 12.8 Å². The van der Waals surface area contributed by atoms with Crippen molar-refractivity contribution in [1.82, 2.24) is 0 Å². The fourth-order valence-corrected chi connectivity index (χ4v) is 1.18. The quantitative estimate of drug-likeness (QED) is 0.670. The van der Waals surface area contributed by atoms with Crippen LogP contribution in [0.3, 0.4) is 0 Å². The predicted octanol–water partition coefficient (Wildman–Crippen LogP) is 0.480. The average Bonchev–Trinajstić information content (AvgIpc) is 1.84. The molecule has 0 aliphatic rings. The highest BCUT2D eigenvalue weighted by atomic mass is 32.2. The number of nitrogens with two attached hydrogens (primary N) is 1. The van der Waals surface area contributed by atoms with Crippen LogP contribution < -0.4 is 5.14 Å². The van der Waals surface area contributed by atoms with E-state index in [-0.39, 0.29) is 18.5 Å². The van der Waals surface area contributed by atoms with E-state index in [0.29, 0.717) is 0 Å². The van der Waals surface area contributed by atoms with Crippen molar-refractivity contribution in [3.63, 3.8) is 0 Å². The molecule has 0 amide bonds. The van der Waals surface area contributed by atoms with E-state index in [1.807, 2.05) is 6.92 Å². The van der Waals surface area contributed by atoms with Gasteiger partial charge in [0.15, 0.2) is 0 Å². The number of hydrogen-bond acceptors (Lipinski definition) is 3. The van der Waals surface area contributed by atoms with E-state index in [9.17, 15) is 8.42 Å². The van der Waals surface area contributed by atoms with Crippen molar-refractivity contribution in [2.75, 3.05) is 12.4 Å². The maximum absolute atomic E-state index is 10.5. The maximum atomic E-state index is 10.5. The molecular weight excluding hydrogens is 178 g/mol. The van der Waals surface area contributed by atoms with Crippen LogP contribution in [0.15, 0.2) is 0 Å². The molecule has 0 bridgehead atoms. The molecule has 0 aromatic rings. The molecule has 0 saturated heterocycles. The van der Waals surface area contributed by atoms with Crippen LogP contribution in [0.5, 0.6) is 0 Å². The van der Waals surface area contributed by atoms with Gasteiger partial charge < -0.3 is 4.74 Å². The monoisotopic (exact) mass is 195 g/mol. The Balaban J connectivity index is 3.44. The van der Waals surface area contributed by atoms with Gasteiger partial charge in [-0.15, -0.1) is 0 Å². The summed E-state index contributed by atoms with van der Waals surface area (Å²) in [5, 5.41) is 4.79. The van der Waals surface area contributed by atoms with E-state index in [1.54, 1.807) is 0 Å². The zero-order chi connectivity index (χ0) is 9.61.